The van der Waals surface area contributed by atoms with Gasteiger partial charge in [0.15, 0.2) is 0 Å². The molecule has 0 bridgehead atoms. The number of aromatic nitrogens is 1. The van der Waals surface area contributed by atoms with E-state index < -0.39 is 19.6 Å². The maximum Gasteiger partial charge on any atom is 0.321 e. The quantitative estimate of drug-likeness (QED) is 0.658. The Morgan fingerprint density at radius 3 is 2.55 bits per heavy atom. The monoisotopic (exact) mass is 424 g/mol. The van der Waals surface area contributed by atoms with E-state index in [1.165, 1.54) is 6.20 Å². The zero-order valence-corrected chi connectivity index (χ0v) is 16.3. The third-order valence-electron chi connectivity index (χ3n) is 4.59. The maximum absolute atomic E-state index is 12.5. The molecule has 1 aliphatic heterocycles. The Hall–Kier alpha value is -2.62. The molecule has 0 saturated carbocycles. The van der Waals surface area contributed by atoms with E-state index in [9.17, 15) is 14.3 Å². The molecule has 0 unspecified atom stereocenters. The van der Waals surface area contributed by atoms with Gasteiger partial charge in [0.1, 0.15) is 17.7 Å². The number of aliphatic hydroxyl groups excluding tert-OH is 2. The smallest absolute Gasteiger partial charge is 0.321 e. The molecule has 0 radical (unpaired) electrons. The lowest BCUT2D eigenvalue weighted by molar-refractivity contribution is 0.0953. The Balaban J connectivity index is 1.55. The number of nitrogens with zero attached hydrogens (tertiary/aromatic N) is 3. The normalized spacial score (nSPS) is 15.2. The van der Waals surface area contributed by atoms with Crippen LogP contribution in [0.3, 0.4) is 0 Å². The molecule has 0 spiro atoms. The van der Waals surface area contributed by atoms with E-state index in [4.69, 9.17) is 21.4 Å². The molecule has 1 aromatic carbocycles. The van der Waals surface area contributed by atoms with Crippen molar-refractivity contribution in [2.75, 3.05) is 49.9 Å². The molecule has 156 valence electrons. The first-order valence-electron chi connectivity index (χ1n) is 9.06. The first-order valence-corrected chi connectivity index (χ1v) is 9.43. The minimum Gasteiger partial charge on any atom is -0.463 e. The van der Waals surface area contributed by atoms with Crippen LogP contribution >= 0.6 is 11.6 Å². The number of benzene rings is 1. The zero-order chi connectivity index (χ0) is 20.8. The average Bonchev–Trinajstić information content (AvgIpc) is 2.75. The van der Waals surface area contributed by atoms with Crippen molar-refractivity contribution in [1.82, 2.24) is 9.88 Å². The van der Waals surface area contributed by atoms with E-state index in [2.05, 4.69) is 10.3 Å². The number of carbonyl (C=O) groups is 1. The SMILES string of the molecule is O=C(Nc1ccc(OCF)cc1)N1CCN(c2ncc([C@H](O)CO)cc2Cl)CC1. The predicted molar refractivity (Wildman–Crippen MR) is 107 cm³/mol. The third kappa shape index (κ3) is 5.26. The molecule has 2 heterocycles. The van der Waals surface area contributed by atoms with Gasteiger partial charge in [-0.3, -0.25) is 0 Å². The fourth-order valence-corrected chi connectivity index (χ4v) is 3.28. The van der Waals surface area contributed by atoms with Crippen LogP contribution in [0.2, 0.25) is 5.02 Å². The molecule has 1 saturated heterocycles. The summed E-state index contributed by atoms with van der Waals surface area (Å²) in [5.74, 6) is 0.963. The van der Waals surface area contributed by atoms with Crippen LogP contribution in [-0.2, 0) is 0 Å². The van der Waals surface area contributed by atoms with Crippen LogP contribution in [0.1, 0.15) is 11.7 Å². The molecule has 2 amide bonds. The van der Waals surface area contributed by atoms with Crippen molar-refractivity contribution in [3.63, 3.8) is 0 Å². The van der Waals surface area contributed by atoms with Crippen molar-refractivity contribution < 1.29 is 24.1 Å². The molecule has 2 aromatic rings. The van der Waals surface area contributed by atoms with Crippen molar-refractivity contribution in [1.29, 1.82) is 0 Å². The van der Waals surface area contributed by atoms with Gasteiger partial charge in [0, 0.05) is 43.6 Å². The van der Waals surface area contributed by atoms with Crippen LogP contribution in [0.4, 0.5) is 20.7 Å². The molecular formula is C19H22ClFN4O4. The molecule has 3 N–H and O–H groups in total. The second-order valence-corrected chi connectivity index (χ2v) is 6.86. The number of anilines is 2. The number of rotatable bonds is 6. The summed E-state index contributed by atoms with van der Waals surface area (Å²) in [6, 6.07) is 7.80. The summed E-state index contributed by atoms with van der Waals surface area (Å²) in [5, 5.41) is 21.9. The van der Waals surface area contributed by atoms with Crippen molar-refractivity contribution in [2.45, 2.75) is 6.10 Å². The molecule has 1 atom stereocenters. The zero-order valence-electron chi connectivity index (χ0n) is 15.6. The first kappa shape index (κ1) is 21.1. The molecule has 0 aliphatic carbocycles. The highest BCUT2D eigenvalue weighted by atomic mass is 35.5. The second-order valence-electron chi connectivity index (χ2n) is 6.45. The topological polar surface area (TPSA) is 98.2 Å². The van der Waals surface area contributed by atoms with Gasteiger partial charge < -0.3 is 30.1 Å². The molecular weight excluding hydrogens is 403 g/mol. The van der Waals surface area contributed by atoms with Gasteiger partial charge in [-0.2, -0.15) is 0 Å². The van der Waals surface area contributed by atoms with Gasteiger partial charge in [0.25, 0.3) is 0 Å². The van der Waals surface area contributed by atoms with Gasteiger partial charge in [0.2, 0.25) is 6.86 Å². The summed E-state index contributed by atoms with van der Waals surface area (Å²) in [4.78, 5) is 20.4. The van der Waals surface area contributed by atoms with Gasteiger partial charge in [-0.1, -0.05) is 11.6 Å². The Kier molecular flexibility index (Phi) is 7.08. The molecule has 8 nitrogen and oxygen atoms in total. The number of halogens is 2. The van der Waals surface area contributed by atoms with Gasteiger partial charge in [-0.25, -0.2) is 14.2 Å². The summed E-state index contributed by atoms with van der Waals surface area (Å²) >= 11 is 6.28. The molecule has 1 aliphatic rings. The Morgan fingerprint density at radius 2 is 1.97 bits per heavy atom. The van der Waals surface area contributed by atoms with Crippen molar-refractivity contribution >= 4 is 29.1 Å². The van der Waals surface area contributed by atoms with E-state index in [0.717, 1.165) is 0 Å². The number of carbonyl (C=O) groups excluding carboxylic acids is 1. The van der Waals surface area contributed by atoms with Gasteiger partial charge in [-0.05, 0) is 30.3 Å². The summed E-state index contributed by atoms with van der Waals surface area (Å²) in [6.45, 7) is 0.745. The summed E-state index contributed by atoms with van der Waals surface area (Å²) in [7, 11) is 0. The number of alkyl halides is 1. The lowest BCUT2D eigenvalue weighted by Gasteiger charge is -2.35. The highest BCUT2D eigenvalue weighted by Crippen LogP contribution is 2.27. The fourth-order valence-electron chi connectivity index (χ4n) is 2.99. The average molecular weight is 425 g/mol. The minimum absolute atomic E-state index is 0.232. The van der Waals surface area contributed by atoms with E-state index in [1.807, 2.05) is 4.90 Å². The number of urea groups is 1. The van der Waals surface area contributed by atoms with E-state index in [1.54, 1.807) is 35.2 Å². The van der Waals surface area contributed by atoms with Crippen LogP contribution < -0.4 is 15.0 Å². The first-order chi connectivity index (χ1) is 14.0. The van der Waals surface area contributed by atoms with Crippen LogP contribution in [-0.4, -0.2) is 65.8 Å². The number of pyridine rings is 1. The van der Waals surface area contributed by atoms with E-state index in [-0.39, 0.29) is 6.03 Å². The molecule has 29 heavy (non-hydrogen) atoms. The Labute approximate surface area is 172 Å². The Morgan fingerprint density at radius 1 is 1.28 bits per heavy atom. The van der Waals surface area contributed by atoms with Crippen LogP contribution in [0.25, 0.3) is 0 Å². The standard InChI is InChI=1S/C19H22ClFN4O4/c20-16-9-13(17(27)11-26)10-22-18(16)24-5-7-25(8-6-24)19(28)23-14-1-3-15(4-2-14)29-12-21/h1-4,9-10,17,26-27H,5-8,11-12H2,(H,23,28)/t17-/m1/s1. The minimum atomic E-state index is -1.02. The number of aliphatic hydroxyl groups is 2. The van der Waals surface area contributed by atoms with Crippen LogP contribution in [0.15, 0.2) is 36.5 Å². The molecule has 1 aromatic heterocycles. The summed E-state index contributed by atoms with van der Waals surface area (Å²) < 4.78 is 16.9. The number of hydrogen-bond donors (Lipinski definition) is 3. The Bertz CT molecular complexity index is 831. The van der Waals surface area contributed by atoms with Gasteiger partial charge >= 0.3 is 6.03 Å². The van der Waals surface area contributed by atoms with Crippen LogP contribution in [0, 0.1) is 0 Å². The van der Waals surface area contributed by atoms with Crippen molar-refractivity contribution in [3.8, 4) is 5.75 Å². The van der Waals surface area contributed by atoms with E-state index in [0.29, 0.717) is 54.0 Å². The van der Waals surface area contributed by atoms with Gasteiger partial charge in [-0.15, -0.1) is 0 Å². The molecule has 1 fully saturated rings. The molecule has 3 rings (SSSR count). The number of amides is 2. The summed E-state index contributed by atoms with van der Waals surface area (Å²) in [5.41, 5.74) is 1.04. The number of ether oxygens (including phenoxy) is 1. The second kappa shape index (κ2) is 9.73. The molecule has 10 heteroatoms. The van der Waals surface area contributed by atoms with Crippen molar-refractivity contribution in [3.05, 3.63) is 47.1 Å². The largest absolute Gasteiger partial charge is 0.463 e. The highest BCUT2D eigenvalue weighted by molar-refractivity contribution is 6.33. The van der Waals surface area contributed by atoms with Crippen molar-refractivity contribution in [2.24, 2.45) is 0 Å². The lowest BCUT2D eigenvalue weighted by Crippen LogP contribution is -2.50. The lowest BCUT2D eigenvalue weighted by atomic mass is 10.1. The summed E-state index contributed by atoms with van der Waals surface area (Å²) in [6.07, 6.45) is 0.462. The predicted octanol–water partition coefficient (Wildman–Crippen LogP) is 2.42. The van der Waals surface area contributed by atoms with Crippen LogP contribution in [0.5, 0.6) is 5.75 Å². The fraction of sp³-hybridized carbons (Fsp3) is 0.368. The van der Waals surface area contributed by atoms with E-state index >= 15 is 0 Å². The number of nitrogens with one attached hydrogen (secondary N) is 1. The maximum atomic E-state index is 12.5. The number of piperazine rings is 1. The third-order valence-corrected chi connectivity index (χ3v) is 4.87. The number of hydrogen-bond acceptors (Lipinski definition) is 6. The van der Waals surface area contributed by atoms with Gasteiger partial charge in [0.05, 0.1) is 11.6 Å². The highest BCUT2D eigenvalue weighted by Gasteiger charge is 2.24.